The molecule has 1 amide bonds. The summed E-state index contributed by atoms with van der Waals surface area (Å²) in [6, 6.07) is 0.375. The van der Waals surface area contributed by atoms with Gasteiger partial charge in [-0.15, -0.1) is 24.8 Å². The predicted molar refractivity (Wildman–Crippen MR) is 86.8 cm³/mol. The molecule has 0 bridgehead atoms. The van der Waals surface area contributed by atoms with Crippen molar-refractivity contribution in [2.75, 3.05) is 44.7 Å². The van der Waals surface area contributed by atoms with Gasteiger partial charge in [0.2, 0.25) is 5.91 Å². The standard InChI is InChI=1S/C12H23N3OS.2ClH/c1-15-4-2-10(8-15)7-14-12(16)6-11-9-17-5-3-13-11;;/h10-11,13H,2-9H2,1H3,(H,14,16);2*1H. The number of hydrogen-bond acceptors (Lipinski definition) is 4. The summed E-state index contributed by atoms with van der Waals surface area (Å²) in [6.07, 6.45) is 1.85. The van der Waals surface area contributed by atoms with E-state index in [0.29, 0.717) is 18.4 Å². The Bertz CT molecular complexity index is 265. The largest absolute Gasteiger partial charge is 0.356 e. The van der Waals surface area contributed by atoms with Crippen LogP contribution in [0.5, 0.6) is 0 Å². The predicted octanol–water partition coefficient (Wildman–Crippen LogP) is 0.993. The first-order valence-electron chi connectivity index (χ1n) is 6.50. The molecule has 114 valence electrons. The van der Waals surface area contributed by atoms with Crippen molar-refractivity contribution in [2.45, 2.75) is 18.9 Å². The molecule has 2 atom stereocenters. The Balaban J connectivity index is 0.00000162. The van der Waals surface area contributed by atoms with Crippen molar-refractivity contribution >= 4 is 42.5 Å². The van der Waals surface area contributed by atoms with Crippen LogP contribution in [0.1, 0.15) is 12.8 Å². The Morgan fingerprint density at radius 1 is 1.47 bits per heavy atom. The van der Waals surface area contributed by atoms with E-state index in [1.54, 1.807) is 0 Å². The summed E-state index contributed by atoms with van der Waals surface area (Å²) in [4.78, 5) is 14.1. The van der Waals surface area contributed by atoms with Crippen molar-refractivity contribution < 1.29 is 4.79 Å². The minimum absolute atomic E-state index is 0. The van der Waals surface area contributed by atoms with Crippen LogP contribution in [-0.4, -0.2) is 61.6 Å². The van der Waals surface area contributed by atoms with Crippen LogP contribution in [0.25, 0.3) is 0 Å². The highest BCUT2D eigenvalue weighted by molar-refractivity contribution is 7.99. The fraction of sp³-hybridized carbons (Fsp3) is 0.917. The average molecular weight is 330 g/mol. The van der Waals surface area contributed by atoms with Crippen LogP contribution >= 0.6 is 36.6 Å². The number of amides is 1. The normalized spacial score (nSPS) is 27.2. The second kappa shape index (κ2) is 10.1. The Morgan fingerprint density at radius 3 is 2.84 bits per heavy atom. The highest BCUT2D eigenvalue weighted by Gasteiger charge is 2.21. The van der Waals surface area contributed by atoms with E-state index in [2.05, 4.69) is 22.6 Å². The van der Waals surface area contributed by atoms with Gasteiger partial charge in [-0.2, -0.15) is 11.8 Å². The third-order valence-corrected chi connectivity index (χ3v) is 4.64. The highest BCUT2D eigenvalue weighted by Crippen LogP contribution is 2.13. The van der Waals surface area contributed by atoms with E-state index >= 15 is 0 Å². The number of hydrogen-bond donors (Lipinski definition) is 2. The molecule has 0 aliphatic carbocycles. The SMILES string of the molecule is CN1CCC(CNC(=O)CC2CSCCN2)C1.Cl.Cl. The first-order valence-corrected chi connectivity index (χ1v) is 7.66. The van der Waals surface area contributed by atoms with Crippen molar-refractivity contribution in [1.29, 1.82) is 0 Å². The molecule has 2 N–H and O–H groups in total. The zero-order valence-electron chi connectivity index (χ0n) is 11.4. The number of thioether (sulfide) groups is 1. The van der Waals surface area contributed by atoms with Crippen molar-refractivity contribution in [3.05, 3.63) is 0 Å². The van der Waals surface area contributed by atoms with E-state index in [4.69, 9.17) is 0 Å². The molecule has 0 radical (unpaired) electrons. The maximum Gasteiger partial charge on any atom is 0.221 e. The number of nitrogens with zero attached hydrogens (tertiary/aromatic N) is 1. The average Bonchev–Trinajstić information content (AvgIpc) is 2.74. The molecular weight excluding hydrogens is 305 g/mol. The zero-order valence-corrected chi connectivity index (χ0v) is 13.8. The molecule has 2 aliphatic heterocycles. The summed E-state index contributed by atoms with van der Waals surface area (Å²) in [5, 5.41) is 6.47. The Kier molecular flexibility index (Phi) is 10.3. The first-order chi connectivity index (χ1) is 8.24. The van der Waals surface area contributed by atoms with Gasteiger partial charge in [-0.1, -0.05) is 0 Å². The van der Waals surface area contributed by atoms with Crippen LogP contribution in [0.4, 0.5) is 0 Å². The van der Waals surface area contributed by atoms with Crippen molar-refractivity contribution in [3.8, 4) is 0 Å². The summed E-state index contributed by atoms with van der Waals surface area (Å²) >= 11 is 1.94. The maximum absolute atomic E-state index is 11.8. The monoisotopic (exact) mass is 329 g/mol. The molecule has 2 unspecified atom stereocenters. The molecule has 2 rings (SSSR count). The highest BCUT2D eigenvalue weighted by atomic mass is 35.5. The maximum atomic E-state index is 11.8. The lowest BCUT2D eigenvalue weighted by molar-refractivity contribution is -0.121. The van der Waals surface area contributed by atoms with Crippen molar-refractivity contribution in [3.63, 3.8) is 0 Å². The van der Waals surface area contributed by atoms with Gasteiger partial charge in [0, 0.05) is 43.6 Å². The van der Waals surface area contributed by atoms with Gasteiger partial charge in [-0.3, -0.25) is 4.79 Å². The van der Waals surface area contributed by atoms with Crippen LogP contribution in [0.15, 0.2) is 0 Å². The molecule has 19 heavy (non-hydrogen) atoms. The molecule has 2 aliphatic rings. The second-order valence-electron chi connectivity index (χ2n) is 5.15. The molecule has 2 fully saturated rings. The molecule has 4 nitrogen and oxygen atoms in total. The molecule has 0 spiro atoms. The van der Waals surface area contributed by atoms with E-state index in [0.717, 1.165) is 25.4 Å². The van der Waals surface area contributed by atoms with Gasteiger partial charge in [0.1, 0.15) is 0 Å². The number of nitrogens with one attached hydrogen (secondary N) is 2. The summed E-state index contributed by atoms with van der Waals surface area (Å²) in [5.41, 5.74) is 0. The molecule has 7 heteroatoms. The number of halogens is 2. The lowest BCUT2D eigenvalue weighted by Crippen LogP contribution is -2.42. The van der Waals surface area contributed by atoms with Crippen molar-refractivity contribution in [2.24, 2.45) is 5.92 Å². The topological polar surface area (TPSA) is 44.4 Å². The minimum atomic E-state index is 0. The van der Waals surface area contributed by atoms with E-state index in [-0.39, 0.29) is 30.7 Å². The van der Waals surface area contributed by atoms with Gasteiger partial charge in [-0.05, 0) is 25.9 Å². The molecule has 2 heterocycles. The van der Waals surface area contributed by atoms with Gasteiger partial charge < -0.3 is 15.5 Å². The Morgan fingerprint density at radius 2 is 2.26 bits per heavy atom. The first kappa shape index (κ1) is 19.3. The van der Waals surface area contributed by atoms with E-state index in [1.165, 1.54) is 18.7 Å². The van der Waals surface area contributed by atoms with E-state index in [1.807, 2.05) is 11.8 Å². The summed E-state index contributed by atoms with van der Waals surface area (Å²) in [7, 11) is 2.14. The van der Waals surface area contributed by atoms with Gasteiger partial charge >= 0.3 is 0 Å². The molecule has 0 aromatic carbocycles. The fourth-order valence-corrected chi connectivity index (χ4v) is 3.45. The molecule has 2 saturated heterocycles. The summed E-state index contributed by atoms with van der Waals surface area (Å²) < 4.78 is 0. The fourth-order valence-electron chi connectivity index (χ4n) is 2.50. The van der Waals surface area contributed by atoms with E-state index < -0.39 is 0 Å². The number of carbonyl (C=O) groups excluding carboxylic acids is 1. The van der Waals surface area contributed by atoms with Crippen molar-refractivity contribution in [1.82, 2.24) is 15.5 Å². The molecular formula is C12H25Cl2N3OS. The summed E-state index contributed by atoms with van der Waals surface area (Å²) in [5.74, 6) is 3.10. The number of likely N-dealkylation sites (tertiary alicyclic amines) is 1. The quantitative estimate of drug-likeness (QED) is 0.807. The van der Waals surface area contributed by atoms with Gasteiger partial charge in [0.25, 0.3) is 0 Å². The van der Waals surface area contributed by atoms with Crippen LogP contribution in [0.2, 0.25) is 0 Å². The third-order valence-electron chi connectivity index (χ3n) is 3.51. The van der Waals surface area contributed by atoms with Crippen LogP contribution in [0, 0.1) is 5.92 Å². The van der Waals surface area contributed by atoms with E-state index in [9.17, 15) is 4.79 Å². The lowest BCUT2D eigenvalue weighted by atomic mass is 10.1. The van der Waals surface area contributed by atoms with Crippen LogP contribution in [-0.2, 0) is 4.79 Å². The van der Waals surface area contributed by atoms with Crippen LogP contribution in [0.3, 0.4) is 0 Å². The van der Waals surface area contributed by atoms with Gasteiger partial charge in [0.15, 0.2) is 0 Å². The molecule has 0 aromatic rings. The smallest absolute Gasteiger partial charge is 0.221 e. The second-order valence-corrected chi connectivity index (χ2v) is 6.30. The third kappa shape index (κ3) is 7.04. The zero-order chi connectivity index (χ0) is 12.1. The summed E-state index contributed by atoms with van der Waals surface area (Å²) in [6.45, 7) is 4.18. The van der Waals surface area contributed by atoms with Gasteiger partial charge in [0.05, 0.1) is 0 Å². The minimum Gasteiger partial charge on any atom is -0.356 e. The van der Waals surface area contributed by atoms with Crippen LogP contribution < -0.4 is 10.6 Å². The Labute approximate surface area is 132 Å². The lowest BCUT2D eigenvalue weighted by Gasteiger charge is -2.22. The number of carbonyl (C=O) groups is 1. The Hall–Kier alpha value is 0.320. The molecule has 0 aromatic heterocycles. The number of rotatable bonds is 4. The van der Waals surface area contributed by atoms with Gasteiger partial charge in [-0.25, -0.2) is 0 Å². The molecule has 0 saturated carbocycles.